The predicted molar refractivity (Wildman–Crippen MR) is 77.9 cm³/mol. The molecule has 2 bridgehead atoms. The first kappa shape index (κ1) is 11.5. The van der Waals surface area contributed by atoms with E-state index in [2.05, 4.69) is 40.2 Å². The van der Waals surface area contributed by atoms with Crippen molar-refractivity contribution >= 4 is 10.9 Å². The number of piperidine rings is 3. The van der Waals surface area contributed by atoms with Crippen LogP contribution in [0.3, 0.4) is 0 Å². The van der Waals surface area contributed by atoms with Crippen LogP contribution in [0.5, 0.6) is 0 Å². The van der Waals surface area contributed by atoms with Crippen LogP contribution in [0, 0.1) is 11.8 Å². The van der Waals surface area contributed by atoms with Gasteiger partial charge in [0.25, 0.3) is 0 Å². The highest BCUT2D eigenvalue weighted by molar-refractivity contribution is 5.80. The van der Waals surface area contributed by atoms with Crippen molar-refractivity contribution in [3.05, 3.63) is 36.0 Å². The minimum atomic E-state index is 0.153. The van der Waals surface area contributed by atoms with Gasteiger partial charge in [-0.15, -0.1) is 0 Å². The summed E-state index contributed by atoms with van der Waals surface area (Å²) in [6.07, 6.45) is 2.66. The number of hydrogen-bond acceptors (Lipinski definition) is 2. The molecule has 100 valence electrons. The maximum atomic E-state index is 6.56. The number of nitrogens with two attached hydrogens (primary N) is 1. The average Bonchev–Trinajstić information content (AvgIpc) is 2.91. The minimum absolute atomic E-state index is 0.153. The lowest BCUT2D eigenvalue weighted by Gasteiger charge is -2.46. The van der Waals surface area contributed by atoms with Crippen molar-refractivity contribution in [2.75, 3.05) is 19.6 Å². The van der Waals surface area contributed by atoms with E-state index in [4.69, 9.17) is 5.73 Å². The molecule has 0 radical (unpaired) electrons. The van der Waals surface area contributed by atoms with Gasteiger partial charge in [-0.3, -0.25) is 0 Å². The molecular weight excluding hydrogens is 234 g/mol. The predicted octanol–water partition coefficient (Wildman–Crippen LogP) is 2.51. The summed E-state index contributed by atoms with van der Waals surface area (Å²) in [4.78, 5) is 6.09. The Kier molecular flexibility index (Phi) is 2.64. The number of aromatic nitrogens is 1. The first-order chi connectivity index (χ1) is 9.31. The van der Waals surface area contributed by atoms with Gasteiger partial charge in [-0.1, -0.05) is 18.2 Å². The number of nitrogens with zero attached hydrogens (tertiary/aromatic N) is 1. The molecule has 3 aliphatic heterocycles. The second kappa shape index (κ2) is 4.36. The molecule has 3 heteroatoms. The van der Waals surface area contributed by atoms with Crippen LogP contribution >= 0.6 is 0 Å². The topological polar surface area (TPSA) is 45.1 Å². The molecule has 3 fully saturated rings. The lowest BCUT2D eigenvalue weighted by atomic mass is 9.75. The molecule has 0 saturated carbocycles. The highest BCUT2D eigenvalue weighted by Gasteiger charge is 2.38. The van der Waals surface area contributed by atoms with Crippen LogP contribution in [-0.2, 0) is 0 Å². The van der Waals surface area contributed by atoms with Crippen molar-refractivity contribution in [3.8, 4) is 0 Å². The Balaban J connectivity index is 1.64. The summed E-state index contributed by atoms with van der Waals surface area (Å²) in [5, 5.41) is 1.27. The molecule has 3 aliphatic rings. The van der Waals surface area contributed by atoms with E-state index in [0.29, 0.717) is 5.92 Å². The van der Waals surface area contributed by atoms with Gasteiger partial charge in [-0.05, 0) is 55.3 Å². The zero-order valence-electron chi connectivity index (χ0n) is 11.2. The minimum Gasteiger partial charge on any atom is -0.357 e. The van der Waals surface area contributed by atoms with Gasteiger partial charge in [0.2, 0.25) is 0 Å². The Bertz CT molecular complexity index is 547. The number of hydrogen-bond donors (Lipinski definition) is 2. The van der Waals surface area contributed by atoms with Crippen LogP contribution < -0.4 is 5.73 Å². The van der Waals surface area contributed by atoms with Gasteiger partial charge < -0.3 is 15.6 Å². The van der Waals surface area contributed by atoms with E-state index in [-0.39, 0.29) is 6.04 Å². The smallest absolute Gasteiger partial charge is 0.0491 e. The summed E-state index contributed by atoms with van der Waals surface area (Å²) in [5.41, 5.74) is 8.97. The summed E-state index contributed by atoms with van der Waals surface area (Å²) in [6.45, 7) is 3.74. The van der Waals surface area contributed by atoms with Crippen molar-refractivity contribution < 1.29 is 0 Å². The quantitative estimate of drug-likeness (QED) is 0.866. The van der Waals surface area contributed by atoms with Crippen molar-refractivity contribution in [1.29, 1.82) is 0 Å². The van der Waals surface area contributed by atoms with Crippen molar-refractivity contribution in [2.24, 2.45) is 17.6 Å². The first-order valence-corrected chi connectivity index (χ1v) is 7.37. The van der Waals surface area contributed by atoms with Gasteiger partial charge >= 0.3 is 0 Å². The van der Waals surface area contributed by atoms with Gasteiger partial charge in [-0.2, -0.15) is 0 Å². The molecule has 0 amide bonds. The van der Waals surface area contributed by atoms with Gasteiger partial charge in [0.1, 0.15) is 0 Å². The molecule has 4 heterocycles. The third-order valence-electron chi connectivity index (χ3n) is 5.08. The lowest BCUT2D eigenvalue weighted by molar-refractivity contribution is 0.0369. The normalized spacial score (nSPS) is 31.7. The van der Waals surface area contributed by atoms with Crippen molar-refractivity contribution in [2.45, 2.75) is 18.9 Å². The van der Waals surface area contributed by atoms with E-state index in [0.717, 1.165) is 5.92 Å². The van der Waals surface area contributed by atoms with E-state index in [9.17, 15) is 0 Å². The summed E-state index contributed by atoms with van der Waals surface area (Å²) >= 11 is 0. The molecule has 3 nitrogen and oxygen atoms in total. The van der Waals surface area contributed by atoms with Crippen LogP contribution in [0.4, 0.5) is 0 Å². The molecule has 2 aromatic rings. The molecule has 3 N–H and O–H groups in total. The summed E-state index contributed by atoms with van der Waals surface area (Å²) in [6, 6.07) is 10.8. The van der Waals surface area contributed by atoms with Crippen LogP contribution in [-0.4, -0.2) is 29.5 Å². The van der Waals surface area contributed by atoms with Crippen LogP contribution in [0.25, 0.3) is 10.9 Å². The fourth-order valence-corrected chi connectivity index (χ4v) is 3.92. The Morgan fingerprint density at radius 3 is 2.68 bits per heavy atom. The van der Waals surface area contributed by atoms with Crippen molar-refractivity contribution in [3.63, 3.8) is 0 Å². The number of para-hydroxylation sites is 1. The molecule has 5 rings (SSSR count). The number of rotatable bonds is 2. The third kappa shape index (κ3) is 1.88. The standard InChI is InChI=1S/C16H21N3/c17-16(13-10-19-7-5-11(13)6-8-19)15-9-12-3-1-2-4-14(12)18-15/h1-4,9,11,13,16,18H,5-8,10,17H2. The highest BCUT2D eigenvalue weighted by Crippen LogP contribution is 2.38. The SMILES string of the molecule is NC(c1cc2ccccc2[nH]1)C1CN2CCC1CC2. The number of nitrogens with one attached hydrogen (secondary N) is 1. The second-order valence-electron chi connectivity index (χ2n) is 6.14. The molecule has 2 atom stereocenters. The first-order valence-electron chi connectivity index (χ1n) is 7.37. The Hall–Kier alpha value is -1.32. The molecule has 0 aliphatic carbocycles. The lowest BCUT2D eigenvalue weighted by Crippen LogP contribution is -2.50. The Morgan fingerprint density at radius 1 is 1.21 bits per heavy atom. The van der Waals surface area contributed by atoms with Gasteiger partial charge in [0.05, 0.1) is 0 Å². The number of aromatic amines is 1. The summed E-state index contributed by atoms with van der Waals surface area (Å²) in [7, 11) is 0. The molecule has 2 unspecified atom stereocenters. The largest absolute Gasteiger partial charge is 0.357 e. The van der Waals surface area contributed by atoms with Crippen molar-refractivity contribution in [1.82, 2.24) is 9.88 Å². The molecule has 1 aromatic carbocycles. The molecule has 0 spiro atoms. The van der Waals surface area contributed by atoms with Crippen LogP contribution in [0.15, 0.2) is 30.3 Å². The summed E-state index contributed by atoms with van der Waals surface area (Å²) in [5.74, 6) is 1.45. The third-order valence-corrected chi connectivity index (χ3v) is 5.08. The van der Waals surface area contributed by atoms with Crippen LogP contribution in [0.2, 0.25) is 0 Å². The monoisotopic (exact) mass is 255 g/mol. The van der Waals surface area contributed by atoms with E-state index in [1.54, 1.807) is 0 Å². The Labute approximate surface area is 113 Å². The van der Waals surface area contributed by atoms with Crippen LogP contribution in [0.1, 0.15) is 24.6 Å². The zero-order chi connectivity index (χ0) is 12.8. The number of fused-ring (bicyclic) bond motifs is 4. The maximum Gasteiger partial charge on any atom is 0.0491 e. The number of H-pyrrole nitrogens is 1. The van der Waals surface area contributed by atoms with E-state index < -0.39 is 0 Å². The highest BCUT2D eigenvalue weighted by atomic mass is 15.2. The fraction of sp³-hybridized carbons (Fsp3) is 0.500. The zero-order valence-corrected chi connectivity index (χ0v) is 11.2. The van der Waals surface area contributed by atoms with E-state index in [1.807, 2.05) is 0 Å². The Morgan fingerprint density at radius 2 is 2.00 bits per heavy atom. The van der Waals surface area contributed by atoms with Gasteiger partial charge in [0.15, 0.2) is 0 Å². The van der Waals surface area contributed by atoms with E-state index in [1.165, 1.54) is 49.1 Å². The van der Waals surface area contributed by atoms with Gasteiger partial charge in [-0.25, -0.2) is 0 Å². The van der Waals surface area contributed by atoms with Gasteiger partial charge in [0, 0.05) is 23.8 Å². The average molecular weight is 255 g/mol. The molecule has 1 aromatic heterocycles. The summed E-state index contributed by atoms with van der Waals surface area (Å²) < 4.78 is 0. The fourth-order valence-electron chi connectivity index (χ4n) is 3.92. The molecule has 3 saturated heterocycles. The van der Waals surface area contributed by atoms with E-state index >= 15 is 0 Å². The molecule has 19 heavy (non-hydrogen) atoms. The number of benzene rings is 1. The maximum absolute atomic E-state index is 6.56. The second-order valence-corrected chi connectivity index (χ2v) is 6.14. The molecular formula is C16H21N3.